The number of aromatic nitrogens is 2. The topological polar surface area (TPSA) is 98.3 Å². The van der Waals surface area contributed by atoms with Gasteiger partial charge in [-0.25, -0.2) is 4.98 Å². The summed E-state index contributed by atoms with van der Waals surface area (Å²) < 4.78 is 1.33. The number of aromatic hydroxyl groups is 1. The monoisotopic (exact) mass is 385 g/mol. The third-order valence-electron chi connectivity index (χ3n) is 4.45. The van der Waals surface area contributed by atoms with Crippen molar-refractivity contribution in [1.29, 1.82) is 0 Å². The fourth-order valence-corrected chi connectivity index (χ4v) is 3.05. The Morgan fingerprint density at radius 3 is 2.52 bits per heavy atom. The minimum absolute atomic E-state index is 0.0915. The van der Waals surface area contributed by atoms with Gasteiger partial charge in [0.15, 0.2) is 0 Å². The molecule has 0 radical (unpaired) electrons. The zero-order valence-electron chi connectivity index (χ0n) is 15.1. The zero-order chi connectivity index (χ0) is 20.4. The Labute approximate surface area is 165 Å². The fraction of sp³-hybridized carbons (Fsp3) is 0. The lowest BCUT2D eigenvalue weighted by atomic mass is 10.1. The van der Waals surface area contributed by atoms with Gasteiger partial charge in [0.25, 0.3) is 11.2 Å². The smallest absolute Gasteiger partial charge is 0.271 e. The van der Waals surface area contributed by atoms with E-state index < -0.39 is 4.92 Å². The molecule has 4 aromatic rings. The molecule has 0 spiro atoms. The van der Waals surface area contributed by atoms with Gasteiger partial charge in [0, 0.05) is 17.7 Å². The summed E-state index contributed by atoms with van der Waals surface area (Å²) in [6, 6.07) is 19.5. The predicted molar refractivity (Wildman–Crippen MR) is 111 cm³/mol. The number of phenols is 1. The van der Waals surface area contributed by atoms with Crippen molar-refractivity contribution < 1.29 is 10.0 Å². The van der Waals surface area contributed by atoms with E-state index in [-0.39, 0.29) is 22.8 Å². The van der Waals surface area contributed by atoms with Crippen LogP contribution in [0.5, 0.6) is 5.75 Å². The van der Waals surface area contributed by atoms with Crippen molar-refractivity contribution >= 4 is 28.7 Å². The maximum absolute atomic E-state index is 13.2. The Morgan fingerprint density at radius 1 is 0.966 bits per heavy atom. The highest BCUT2D eigenvalue weighted by Crippen LogP contribution is 2.21. The Balaban J connectivity index is 1.97. The third kappa shape index (κ3) is 3.49. The molecule has 1 aromatic heterocycles. The van der Waals surface area contributed by atoms with Crippen molar-refractivity contribution in [2.45, 2.75) is 0 Å². The lowest BCUT2D eigenvalue weighted by molar-refractivity contribution is -0.384. The highest BCUT2D eigenvalue weighted by atomic mass is 16.6. The van der Waals surface area contributed by atoms with Crippen LogP contribution in [-0.4, -0.2) is 19.6 Å². The summed E-state index contributed by atoms with van der Waals surface area (Å²) in [5.41, 5.74) is 0.933. The molecule has 7 nitrogen and oxygen atoms in total. The van der Waals surface area contributed by atoms with E-state index in [0.717, 1.165) is 0 Å². The SMILES string of the molecule is O=c1c2ccccc2nc(C=Cc2ccccc2O)n1-c1cccc([N+](=O)[O-])c1. The Hall–Kier alpha value is -4.26. The van der Waals surface area contributed by atoms with Gasteiger partial charge in [-0.15, -0.1) is 0 Å². The average Bonchev–Trinajstić information content (AvgIpc) is 2.73. The van der Waals surface area contributed by atoms with Gasteiger partial charge >= 0.3 is 0 Å². The van der Waals surface area contributed by atoms with Crippen LogP contribution in [-0.2, 0) is 0 Å². The normalized spacial score (nSPS) is 11.2. The fourth-order valence-electron chi connectivity index (χ4n) is 3.05. The van der Waals surface area contributed by atoms with E-state index in [2.05, 4.69) is 4.98 Å². The van der Waals surface area contributed by atoms with Crippen LogP contribution in [0, 0.1) is 10.1 Å². The molecular formula is C22H15N3O4. The van der Waals surface area contributed by atoms with Crippen molar-refractivity contribution in [3.8, 4) is 11.4 Å². The van der Waals surface area contributed by atoms with Crippen molar-refractivity contribution in [2.75, 3.05) is 0 Å². The lowest BCUT2D eigenvalue weighted by Crippen LogP contribution is -2.22. The molecule has 0 aliphatic heterocycles. The number of rotatable bonds is 4. The predicted octanol–water partition coefficient (Wildman–Crippen LogP) is 4.17. The van der Waals surface area contributed by atoms with Crippen LogP contribution in [0.2, 0.25) is 0 Å². The van der Waals surface area contributed by atoms with E-state index in [4.69, 9.17) is 0 Å². The van der Waals surface area contributed by atoms with Crippen LogP contribution in [0.3, 0.4) is 0 Å². The molecule has 142 valence electrons. The quantitative estimate of drug-likeness (QED) is 0.420. The summed E-state index contributed by atoms with van der Waals surface area (Å²) in [5, 5.41) is 21.6. The second kappa shape index (κ2) is 7.40. The van der Waals surface area contributed by atoms with Gasteiger partial charge in [-0.3, -0.25) is 19.5 Å². The highest BCUT2D eigenvalue weighted by Gasteiger charge is 2.14. The van der Waals surface area contributed by atoms with Gasteiger partial charge in [-0.2, -0.15) is 0 Å². The average molecular weight is 385 g/mol. The lowest BCUT2D eigenvalue weighted by Gasteiger charge is -2.11. The molecule has 0 saturated heterocycles. The first kappa shape index (κ1) is 18.1. The van der Waals surface area contributed by atoms with E-state index >= 15 is 0 Å². The van der Waals surface area contributed by atoms with Crippen molar-refractivity contribution in [3.63, 3.8) is 0 Å². The molecule has 0 aliphatic carbocycles. The number of para-hydroxylation sites is 2. The number of non-ortho nitro benzene ring substituents is 1. The van der Waals surface area contributed by atoms with Crippen LogP contribution < -0.4 is 5.56 Å². The molecule has 7 heteroatoms. The number of phenolic OH excluding ortho intramolecular Hbond substituents is 1. The van der Waals surface area contributed by atoms with Gasteiger partial charge in [-0.05, 0) is 36.4 Å². The number of benzene rings is 3. The first-order chi connectivity index (χ1) is 14.0. The standard InChI is InChI=1S/C22H15N3O4/c26-20-11-4-1-6-15(20)12-13-21-23-19-10-3-2-9-18(19)22(27)24(21)16-7-5-8-17(14-16)25(28)29/h1-14,26H. The Morgan fingerprint density at radius 2 is 1.72 bits per heavy atom. The molecule has 0 saturated carbocycles. The number of hydrogen-bond donors (Lipinski definition) is 1. The molecule has 4 rings (SSSR count). The summed E-state index contributed by atoms with van der Waals surface area (Å²) in [5.74, 6) is 0.381. The third-order valence-corrected chi connectivity index (χ3v) is 4.45. The molecule has 1 N–H and O–H groups in total. The van der Waals surface area contributed by atoms with Crippen LogP contribution >= 0.6 is 0 Å². The summed E-state index contributed by atoms with van der Waals surface area (Å²) in [4.78, 5) is 28.4. The minimum Gasteiger partial charge on any atom is -0.507 e. The van der Waals surface area contributed by atoms with Crippen LogP contribution in [0.25, 0.3) is 28.7 Å². The minimum atomic E-state index is -0.513. The number of nitro groups is 1. The molecule has 3 aromatic carbocycles. The van der Waals surface area contributed by atoms with Gasteiger partial charge in [0.1, 0.15) is 11.6 Å². The number of nitro benzene ring substituents is 1. The van der Waals surface area contributed by atoms with E-state index in [9.17, 15) is 20.0 Å². The van der Waals surface area contributed by atoms with E-state index in [1.165, 1.54) is 22.8 Å². The van der Waals surface area contributed by atoms with Crippen molar-refractivity contribution in [3.05, 3.63) is 105 Å². The first-order valence-corrected chi connectivity index (χ1v) is 8.77. The van der Waals surface area contributed by atoms with E-state index in [0.29, 0.717) is 22.2 Å². The molecule has 0 aliphatic rings. The van der Waals surface area contributed by atoms with E-state index in [1.807, 2.05) is 0 Å². The molecule has 0 fully saturated rings. The highest BCUT2D eigenvalue weighted by molar-refractivity contribution is 5.80. The molecular weight excluding hydrogens is 370 g/mol. The largest absolute Gasteiger partial charge is 0.507 e. The van der Waals surface area contributed by atoms with Crippen molar-refractivity contribution in [2.24, 2.45) is 0 Å². The van der Waals surface area contributed by atoms with Gasteiger partial charge in [0.05, 0.1) is 21.5 Å². The van der Waals surface area contributed by atoms with Gasteiger partial charge in [0.2, 0.25) is 0 Å². The maximum Gasteiger partial charge on any atom is 0.271 e. The van der Waals surface area contributed by atoms with Gasteiger partial charge in [-0.1, -0.05) is 36.4 Å². The number of fused-ring (bicyclic) bond motifs is 1. The molecule has 1 heterocycles. The Kier molecular flexibility index (Phi) is 4.62. The van der Waals surface area contributed by atoms with Crippen LogP contribution in [0.15, 0.2) is 77.6 Å². The Bertz CT molecular complexity index is 1330. The second-order valence-corrected chi connectivity index (χ2v) is 6.30. The van der Waals surface area contributed by atoms with Gasteiger partial charge < -0.3 is 5.11 Å². The summed E-state index contributed by atoms with van der Waals surface area (Å²) in [6.07, 6.45) is 3.24. The molecule has 0 amide bonds. The summed E-state index contributed by atoms with van der Waals surface area (Å²) in [7, 11) is 0. The van der Waals surface area contributed by atoms with E-state index in [1.54, 1.807) is 66.7 Å². The number of hydrogen-bond acceptors (Lipinski definition) is 5. The van der Waals surface area contributed by atoms with Crippen LogP contribution in [0.1, 0.15) is 11.4 Å². The molecule has 0 atom stereocenters. The van der Waals surface area contributed by atoms with Crippen LogP contribution in [0.4, 0.5) is 5.69 Å². The molecule has 0 unspecified atom stereocenters. The maximum atomic E-state index is 13.2. The number of nitrogens with zero attached hydrogens (tertiary/aromatic N) is 3. The zero-order valence-corrected chi connectivity index (χ0v) is 15.1. The summed E-state index contributed by atoms with van der Waals surface area (Å²) >= 11 is 0. The van der Waals surface area contributed by atoms with Crippen molar-refractivity contribution in [1.82, 2.24) is 9.55 Å². The second-order valence-electron chi connectivity index (χ2n) is 6.30. The molecule has 29 heavy (non-hydrogen) atoms. The molecule has 0 bridgehead atoms. The summed E-state index contributed by atoms with van der Waals surface area (Å²) in [6.45, 7) is 0. The first-order valence-electron chi connectivity index (χ1n) is 8.77.